The molecule has 0 aliphatic rings. The van der Waals surface area contributed by atoms with Crippen molar-refractivity contribution < 1.29 is 4.79 Å². The topological polar surface area (TPSA) is 55.1 Å². The lowest BCUT2D eigenvalue weighted by Crippen LogP contribution is -2.41. The molecule has 0 heterocycles. The molecule has 1 unspecified atom stereocenters. The Bertz CT molecular complexity index is 393. The van der Waals surface area contributed by atoms with Crippen molar-refractivity contribution in [2.45, 2.75) is 40.3 Å². The maximum Gasteiger partial charge on any atom is 0.251 e. The highest BCUT2D eigenvalue weighted by atomic mass is 16.1. The molecule has 3 nitrogen and oxygen atoms in total. The van der Waals surface area contributed by atoms with Gasteiger partial charge in [0.25, 0.3) is 5.91 Å². The third-order valence-electron chi connectivity index (χ3n) is 3.07. The van der Waals surface area contributed by atoms with Crippen LogP contribution in [0.25, 0.3) is 0 Å². The average molecular weight is 234 g/mol. The Kier molecular flexibility index (Phi) is 4.29. The molecule has 3 N–H and O–H groups in total. The van der Waals surface area contributed by atoms with E-state index in [9.17, 15) is 4.79 Å². The number of nitrogens with two attached hydrogens (primary N) is 1. The van der Waals surface area contributed by atoms with Crippen molar-refractivity contribution >= 4 is 5.91 Å². The summed E-state index contributed by atoms with van der Waals surface area (Å²) in [5.74, 6) is -0.0391. The van der Waals surface area contributed by atoms with Gasteiger partial charge in [-0.2, -0.15) is 0 Å². The van der Waals surface area contributed by atoms with Crippen molar-refractivity contribution in [3.05, 3.63) is 35.4 Å². The van der Waals surface area contributed by atoms with Crippen LogP contribution in [0.1, 0.15) is 43.6 Å². The number of rotatable bonds is 3. The lowest BCUT2D eigenvalue weighted by molar-refractivity contribution is 0.0910. The SMILES string of the molecule is CC(NC(=O)c1cccc(CN)c1)C(C)(C)C. The summed E-state index contributed by atoms with van der Waals surface area (Å²) in [4.78, 5) is 12.0. The van der Waals surface area contributed by atoms with E-state index in [-0.39, 0.29) is 17.4 Å². The van der Waals surface area contributed by atoms with Crippen molar-refractivity contribution in [1.82, 2.24) is 5.32 Å². The number of nitrogens with one attached hydrogen (secondary N) is 1. The second-order valence-corrected chi connectivity index (χ2v) is 5.47. The van der Waals surface area contributed by atoms with Crippen LogP contribution in [-0.2, 0) is 6.54 Å². The molecule has 94 valence electrons. The smallest absolute Gasteiger partial charge is 0.251 e. The van der Waals surface area contributed by atoms with Gasteiger partial charge in [0.2, 0.25) is 0 Å². The first-order valence-corrected chi connectivity index (χ1v) is 5.94. The molecular formula is C14H22N2O. The monoisotopic (exact) mass is 234 g/mol. The van der Waals surface area contributed by atoms with Crippen LogP contribution in [-0.4, -0.2) is 11.9 Å². The first-order valence-electron chi connectivity index (χ1n) is 5.94. The van der Waals surface area contributed by atoms with Crippen LogP contribution >= 0.6 is 0 Å². The molecule has 0 aromatic heterocycles. The van der Waals surface area contributed by atoms with Gasteiger partial charge in [-0.25, -0.2) is 0 Å². The molecule has 0 bridgehead atoms. The second kappa shape index (κ2) is 5.32. The summed E-state index contributed by atoms with van der Waals surface area (Å²) in [5, 5.41) is 3.01. The molecule has 0 radical (unpaired) electrons. The van der Waals surface area contributed by atoms with Crippen LogP contribution < -0.4 is 11.1 Å². The minimum Gasteiger partial charge on any atom is -0.349 e. The Morgan fingerprint density at radius 1 is 1.41 bits per heavy atom. The van der Waals surface area contributed by atoms with Gasteiger partial charge in [-0.3, -0.25) is 4.79 Å². The zero-order chi connectivity index (χ0) is 13.1. The third-order valence-corrected chi connectivity index (χ3v) is 3.07. The van der Waals surface area contributed by atoms with Crippen LogP contribution in [0.4, 0.5) is 0 Å². The summed E-state index contributed by atoms with van der Waals surface area (Å²) >= 11 is 0. The highest BCUT2D eigenvalue weighted by Crippen LogP contribution is 2.19. The normalized spacial score (nSPS) is 13.2. The first kappa shape index (κ1) is 13.7. The maximum absolute atomic E-state index is 12.0. The van der Waals surface area contributed by atoms with Gasteiger partial charge in [0.05, 0.1) is 0 Å². The van der Waals surface area contributed by atoms with Gasteiger partial charge < -0.3 is 11.1 Å². The van der Waals surface area contributed by atoms with Gasteiger partial charge in [-0.15, -0.1) is 0 Å². The van der Waals surface area contributed by atoms with E-state index in [0.717, 1.165) is 5.56 Å². The fourth-order valence-corrected chi connectivity index (χ4v) is 1.34. The minimum atomic E-state index is -0.0391. The Morgan fingerprint density at radius 3 is 2.59 bits per heavy atom. The fraction of sp³-hybridized carbons (Fsp3) is 0.500. The standard InChI is InChI=1S/C14H22N2O/c1-10(14(2,3)4)16-13(17)12-7-5-6-11(8-12)9-15/h5-8,10H,9,15H2,1-4H3,(H,16,17). The zero-order valence-electron chi connectivity index (χ0n) is 11.1. The summed E-state index contributed by atoms with van der Waals surface area (Å²) in [6.45, 7) is 8.79. The Labute approximate surface area is 103 Å². The molecule has 0 saturated heterocycles. The largest absolute Gasteiger partial charge is 0.349 e. The third kappa shape index (κ3) is 3.86. The van der Waals surface area contributed by atoms with Crippen molar-refractivity contribution in [1.29, 1.82) is 0 Å². The number of carbonyl (C=O) groups is 1. The molecule has 0 aliphatic carbocycles. The molecule has 1 amide bonds. The summed E-state index contributed by atoms with van der Waals surface area (Å²) in [6, 6.07) is 7.55. The fourth-order valence-electron chi connectivity index (χ4n) is 1.34. The molecule has 3 heteroatoms. The van der Waals surface area contributed by atoms with Crippen molar-refractivity contribution in [3.63, 3.8) is 0 Å². The first-order chi connectivity index (χ1) is 7.84. The predicted octanol–water partition coefficient (Wildman–Crippen LogP) is 2.31. The van der Waals surface area contributed by atoms with E-state index in [1.54, 1.807) is 0 Å². The van der Waals surface area contributed by atoms with Crippen molar-refractivity contribution in [2.24, 2.45) is 11.1 Å². The lowest BCUT2D eigenvalue weighted by atomic mass is 9.88. The Morgan fingerprint density at radius 2 is 2.06 bits per heavy atom. The van der Waals surface area contributed by atoms with E-state index in [1.807, 2.05) is 31.2 Å². The van der Waals surface area contributed by atoms with Gasteiger partial charge in [0.15, 0.2) is 0 Å². The predicted molar refractivity (Wildman–Crippen MR) is 70.7 cm³/mol. The molecule has 1 aromatic carbocycles. The van der Waals surface area contributed by atoms with Gasteiger partial charge in [0, 0.05) is 18.2 Å². The number of amides is 1. The van der Waals surface area contributed by atoms with Gasteiger partial charge in [0.1, 0.15) is 0 Å². The van der Waals surface area contributed by atoms with Crippen LogP contribution in [0.5, 0.6) is 0 Å². The summed E-state index contributed by atoms with van der Waals surface area (Å²) in [6.07, 6.45) is 0. The molecule has 0 fully saturated rings. The van der Waals surface area contributed by atoms with E-state index in [2.05, 4.69) is 26.1 Å². The average Bonchev–Trinajstić information content (AvgIpc) is 2.27. The van der Waals surface area contributed by atoms with E-state index >= 15 is 0 Å². The summed E-state index contributed by atoms with van der Waals surface area (Å²) in [7, 11) is 0. The minimum absolute atomic E-state index is 0.0391. The van der Waals surface area contributed by atoms with E-state index < -0.39 is 0 Å². The van der Waals surface area contributed by atoms with Gasteiger partial charge in [-0.1, -0.05) is 32.9 Å². The summed E-state index contributed by atoms with van der Waals surface area (Å²) < 4.78 is 0. The van der Waals surface area contributed by atoms with Crippen molar-refractivity contribution in [2.75, 3.05) is 0 Å². The van der Waals surface area contributed by atoms with E-state index in [1.165, 1.54) is 0 Å². The Balaban J connectivity index is 2.76. The number of hydrogen-bond acceptors (Lipinski definition) is 2. The molecule has 1 atom stereocenters. The van der Waals surface area contributed by atoms with Crippen LogP contribution in [0, 0.1) is 5.41 Å². The van der Waals surface area contributed by atoms with Crippen LogP contribution in [0.3, 0.4) is 0 Å². The molecule has 1 aromatic rings. The van der Waals surface area contributed by atoms with Gasteiger partial charge >= 0.3 is 0 Å². The van der Waals surface area contributed by atoms with Gasteiger partial charge in [-0.05, 0) is 30.0 Å². The highest BCUT2D eigenvalue weighted by molar-refractivity contribution is 5.94. The quantitative estimate of drug-likeness (QED) is 0.843. The molecule has 0 spiro atoms. The van der Waals surface area contributed by atoms with Crippen molar-refractivity contribution in [3.8, 4) is 0 Å². The number of benzene rings is 1. The highest BCUT2D eigenvalue weighted by Gasteiger charge is 2.22. The molecule has 1 rings (SSSR count). The van der Waals surface area contributed by atoms with E-state index in [4.69, 9.17) is 5.73 Å². The summed E-state index contributed by atoms with van der Waals surface area (Å²) in [5.41, 5.74) is 7.26. The molecule has 0 saturated carbocycles. The number of hydrogen-bond donors (Lipinski definition) is 2. The molecule has 17 heavy (non-hydrogen) atoms. The van der Waals surface area contributed by atoms with E-state index in [0.29, 0.717) is 12.1 Å². The van der Waals surface area contributed by atoms with Crippen LogP contribution in [0.15, 0.2) is 24.3 Å². The maximum atomic E-state index is 12.0. The zero-order valence-corrected chi connectivity index (χ0v) is 11.1. The molecule has 0 aliphatic heterocycles. The second-order valence-electron chi connectivity index (χ2n) is 5.47. The molecular weight excluding hydrogens is 212 g/mol. The Hall–Kier alpha value is -1.35. The number of carbonyl (C=O) groups excluding carboxylic acids is 1. The van der Waals surface area contributed by atoms with Crippen LogP contribution in [0.2, 0.25) is 0 Å². The lowest BCUT2D eigenvalue weighted by Gasteiger charge is -2.28.